The molecule has 2 aromatic rings. The van der Waals surface area contributed by atoms with Crippen molar-refractivity contribution in [3.8, 4) is 17.6 Å². The van der Waals surface area contributed by atoms with Gasteiger partial charge in [0.05, 0.1) is 13.7 Å². The highest BCUT2D eigenvalue weighted by Crippen LogP contribution is 2.28. The van der Waals surface area contributed by atoms with E-state index in [-0.39, 0.29) is 12.5 Å². The number of nitrogens with one attached hydrogen (secondary N) is 3. The fourth-order valence-corrected chi connectivity index (χ4v) is 3.80. The van der Waals surface area contributed by atoms with E-state index in [9.17, 15) is 14.4 Å². The molecule has 4 rings (SSSR count). The van der Waals surface area contributed by atoms with Crippen LogP contribution in [0.2, 0.25) is 0 Å². The second kappa shape index (κ2) is 8.19. The molecule has 2 aromatic carbocycles. The summed E-state index contributed by atoms with van der Waals surface area (Å²) in [6, 6.07) is 12.0. The van der Waals surface area contributed by atoms with Crippen LogP contribution in [-0.2, 0) is 17.8 Å². The summed E-state index contributed by atoms with van der Waals surface area (Å²) in [6.45, 7) is 1.97. The Hall–Kier alpha value is -4.12. The van der Waals surface area contributed by atoms with Crippen LogP contribution in [-0.4, -0.2) is 47.7 Å². The van der Waals surface area contributed by atoms with Crippen molar-refractivity contribution in [2.75, 3.05) is 13.7 Å². The van der Waals surface area contributed by atoms with Crippen LogP contribution < -0.4 is 15.4 Å². The summed E-state index contributed by atoms with van der Waals surface area (Å²) in [5.74, 6) is 5.58. The van der Waals surface area contributed by atoms with Crippen molar-refractivity contribution in [3.05, 3.63) is 64.7 Å². The van der Waals surface area contributed by atoms with Crippen molar-refractivity contribution in [3.63, 3.8) is 0 Å². The van der Waals surface area contributed by atoms with Crippen molar-refractivity contribution >= 4 is 23.6 Å². The summed E-state index contributed by atoms with van der Waals surface area (Å²) in [5.41, 5.74) is 1.98. The van der Waals surface area contributed by atoms with Gasteiger partial charge in [0.25, 0.3) is 11.8 Å². The molecule has 1 saturated heterocycles. The number of carbonyl (C=O) groups is 3. The standard InChI is InChI=1S/C24H22N4O4/c1-15(25)11-17-5-3-16(4-6-17)9-10-24(22(30)26-23(31)27-24)14-28-13-18-7-8-19(32-2)12-20(18)21(28)29/h3-8,12,25H,11,13-14H2,1-2H3,(H2,26,27,30,31)/t24-/m1/s1. The Kier molecular flexibility index (Phi) is 5.41. The van der Waals surface area contributed by atoms with Gasteiger partial charge < -0.3 is 20.4 Å². The molecule has 0 aromatic heterocycles. The van der Waals surface area contributed by atoms with Crippen molar-refractivity contribution in [2.45, 2.75) is 25.4 Å². The van der Waals surface area contributed by atoms with Gasteiger partial charge in [0.15, 0.2) is 0 Å². The van der Waals surface area contributed by atoms with Gasteiger partial charge in [0, 0.05) is 29.8 Å². The zero-order valence-corrected chi connectivity index (χ0v) is 17.7. The van der Waals surface area contributed by atoms with Gasteiger partial charge in [0.2, 0.25) is 5.54 Å². The summed E-state index contributed by atoms with van der Waals surface area (Å²) in [4.78, 5) is 39.1. The number of fused-ring (bicyclic) bond motifs is 1. The number of carbonyl (C=O) groups excluding carboxylic acids is 3. The van der Waals surface area contributed by atoms with Gasteiger partial charge in [-0.1, -0.05) is 30.0 Å². The Morgan fingerprint density at radius 2 is 1.94 bits per heavy atom. The van der Waals surface area contributed by atoms with Crippen LogP contribution >= 0.6 is 0 Å². The lowest BCUT2D eigenvalue weighted by molar-refractivity contribution is -0.122. The fraction of sp³-hybridized carbons (Fsp3) is 0.250. The molecule has 162 valence electrons. The first-order valence-electron chi connectivity index (χ1n) is 10.1. The molecule has 0 aliphatic carbocycles. The normalized spacial score (nSPS) is 19.1. The van der Waals surface area contributed by atoms with E-state index in [4.69, 9.17) is 10.1 Å². The van der Waals surface area contributed by atoms with Crippen LogP contribution in [0.4, 0.5) is 4.79 Å². The molecule has 8 nitrogen and oxygen atoms in total. The van der Waals surface area contributed by atoms with Crippen LogP contribution in [0.3, 0.4) is 0 Å². The molecule has 4 amide bonds. The lowest BCUT2D eigenvalue weighted by Crippen LogP contribution is -2.54. The summed E-state index contributed by atoms with van der Waals surface area (Å²) < 4.78 is 5.20. The number of methoxy groups -OCH3 is 1. The van der Waals surface area contributed by atoms with E-state index in [1.165, 1.54) is 12.0 Å². The van der Waals surface area contributed by atoms with E-state index >= 15 is 0 Å². The Bertz CT molecular complexity index is 1190. The van der Waals surface area contributed by atoms with Gasteiger partial charge in [-0.2, -0.15) is 0 Å². The number of hydrogen-bond acceptors (Lipinski definition) is 5. The van der Waals surface area contributed by atoms with Crippen molar-refractivity contribution in [1.82, 2.24) is 15.5 Å². The molecule has 1 atom stereocenters. The van der Waals surface area contributed by atoms with Crippen LogP contribution in [0.5, 0.6) is 5.75 Å². The van der Waals surface area contributed by atoms with Crippen molar-refractivity contribution < 1.29 is 19.1 Å². The summed E-state index contributed by atoms with van der Waals surface area (Å²) >= 11 is 0. The van der Waals surface area contributed by atoms with Crippen LogP contribution in [0.25, 0.3) is 0 Å². The summed E-state index contributed by atoms with van der Waals surface area (Å²) in [7, 11) is 1.53. The number of amides is 4. The molecule has 8 heteroatoms. The average Bonchev–Trinajstić information content (AvgIpc) is 3.22. The molecule has 2 aliphatic rings. The molecule has 2 aliphatic heterocycles. The predicted octanol–water partition coefficient (Wildman–Crippen LogP) is 1.86. The zero-order valence-electron chi connectivity index (χ0n) is 17.7. The van der Waals surface area contributed by atoms with E-state index in [0.717, 1.165) is 11.1 Å². The molecular weight excluding hydrogens is 408 g/mol. The smallest absolute Gasteiger partial charge is 0.323 e. The largest absolute Gasteiger partial charge is 0.497 e. The highest BCUT2D eigenvalue weighted by molar-refractivity contribution is 6.10. The third kappa shape index (κ3) is 4.05. The zero-order chi connectivity index (χ0) is 22.9. The minimum atomic E-state index is -1.55. The van der Waals surface area contributed by atoms with E-state index in [0.29, 0.717) is 35.6 Å². The number of nitrogens with zero attached hydrogens (tertiary/aromatic N) is 1. The Morgan fingerprint density at radius 1 is 1.19 bits per heavy atom. The number of rotatable bonds is 5. The minimum Gasteiger partial charge on any atom is -0.497 e. The molecule has 3 N–H and O–H groups in total. The maximum absolute atomic E-state index is 12.9. The van der Waals surface area contributed by atoms with Crippen molar-refractivity contribution in [1.29, 1.82) is 5.41 Å². The molecule has 0 bridgehead atoms. The van der Waals surface area contributed by atoms with Crippen LogP contribution in [0, 0.1) is 17.3 Å². The molecule has 32 heavy (non-hydrogen) atoms. The van der Waals surface area contributed by atoms with Gasteiger partial charge in [0.1, 0.15) is 5.75 Å². The first kappa shape index (κ1) is 21.1. The Morgan fingerprint density at radius 3 is 2.56 bits per heavy atom. The number of imide groups is 1. The average molecular weight is 430 g/mol. The van der Waals surface area contributed by atoms with E-state index in [1.807, 2.05) is 18.2 Å². The topological polar surface area (TPSA) is 112 Å². The van der Waals surface area contributed by atoms with Gasteiger partial charge in [-0.25, -0.2) is 4.79 Å². The maximum atomic E-state index is 12.9. The lowest BCUT2D eigenvalue weighted by atomic mass is 9.98. The lowest BCUT2D eigenvalue weighted by Gasteiger charge is -2.26. The second-order valence-electron chi connectivity index (χ2n) is 7.90. The third-order valence-corrected chi connectivity index (χ3v) is 5.41. The Balaban J connectivity index is 1.60. The molecule has 1 fully saturated rings. The first-order valence-corrected chi connectivity index (χ1v) is 10.1. The Labute approximate surface area is 185 Å². The van der Waals surface area contributed by atoms with Gasteiger partial charge >= 0.3 is 6.03 Å². The first-order chi connectivity index (χ1) is 15.3. The summed E-state index contributed by atoms with van der Waals surface area (Å²) in [6.07, 6.45) is 0.554. The molecule has 0 radical (unpaired) electrons. The highest BCUT2D eigenvalue weighted by atomic mass is 16.5. The minimum absolute atomic E-state index is 0.0848. The second-order valence-corrected chi connectivity index (χ2v) is 7.90. The maximum Gasteiger partial charge on any atom is 0.323 e. The fourth-order valence-electron chi connectivity index (χ4n) is 3.80. The van der Waals surface area contributed by atoms with Gasteiger partial charge in [-0.05, 0) is 42.3 Å². The predicted molar refractivity (Wildman–Crippen MR) is 118 cm³/mol. The number of hydrogen-bond donors (Lipinski definition) is 3. The van der Waals surface area contributed by atoms with Crippen LogP contribution in [0.1, 0.15) is 34.0 Å². The molecule has 0 unspecified atom stereocenters. The molecule has 0 saturated carbocycles. The van der Waals surface area contributed by atoms with E-state index in [1.54, 1.807) is 31.2 Å². The quantitative estimate of drug-likeness (QED) is 0.382. The van der Waals surface area contributed by atoms with Gasteiger partial charge in [-0.15, -0.1) is 0 Å². The van der Waals surface area contributed by atoms with Crippen molar-refractivity contribution in [2.24, 2.45) is 0 Å². The molecule has 0 spiro atoms. The van der Waals surface area contributed by atoms with Crippen LogP contribution in [0.15, 0.2) is 42.5 Å². The van der Waals surface area contributed by atoms with E-state index < -0.39 is 17.5 Å². The van der Waals surface area contributed by atoms with E-state index in [2.05, 4.69) is 22.5 Å². The molecular formula is C24H22N4O4. The number of benzene rings is 2. The molecule has 2 heterocycles. The monoisotopic (exact) mass is 430 g/mol. The highest BCUT2D eigenvalue weighted by Gasteiger charge is 2.48. The SMILES string of the molecule is COc1ccc2c(c1)C(=O)N(C[C@@]1(C#Cc3ccc(CC(C)=N)cc3)NC(=O)NC1=O)C2. The third-order valence-electron chi connectivity index (χ3n) is 5.41. The summed E-state index contributed by atoms with van der Waals surface area (Å²) in [5, 5.41) is 12.4. The van der Waals surface area contributed by atoms with Gasteiger partial charge in [-0.3, -0.25) is 14.9 Å². The number of urea groups is 1. The number of ether oxygens (including phenoxy) is 1.